The number of ether oxygens (including phenoxy) is 2. The molecule has 3 aromatic rings. The number of pyridine rings is 1. The molecule has 2 aliphatic rings. The summed E-state index contributed by atoms with van der Waals surface area (Å²) in [6, 6.07) is 11.0. The van der Waals surface area contributed by atoms with Crippen LogP contribution in [0, 0.1) is 0 Å². The lowest BCUT2D eigenvalue weighted by Gasteiger charge is -2.26. The van der Waals surface area contributed by atoms with Crippen LogP contribution in [-0.2, 0) is 19.4 Å². The van der Waals surface area contributed by atoms with Gasteiger partial charge in [0.15, 0.2) is 5.69 Å². The number of carbonyl (C=O) groups excluding carboxylic acids is 1. The number of fused-ring (bicyclic) bond motifs is 2. The summed E-state index contributed by atoms with van der Waals surface area (Å²) in [5.41, 5.74) is 2.81. The van der Waals surface area contributed by atoms with Crippen LogP contribution in [0.25, 0.3) is 11.4 Å². The van der Waals surface area contributed by atoms with Gasteiger partial charge in [0.25, 0.3) is 5.91 Å². The van der Waals surface area contributed by atoms with Crippen LogP contribution in [0.1, 0.15) is 34.7 Å². The zero-order valence-electron chi connectivity index (χ0n) is 17.2. The molecule has 1 atom stereocenters. The molecule has 4 heterocycles. The number of amides is 1. The van der Waals surface area contributed by atoms with Gasteiger partial charge in [-0.3, -0.25) is 4.79 Å². The van der Waals surface area contributed by atoms with Gasteiger partial charge in [-0.2, -0.15) is 0 Å². The zero-order chi connectivity index (χ0) is 21.4. The molecule has 1 N–H and O–H groups in total. The molecule has 0 fully saturated rings. The molecule has 0 radical (unpaired) electrons. The van der Waals surface area contributed by atoms with E-state index in [1.807, 2.05) is 30.3 Å². The molecule has 0 saturated carbocycles. The monoisotopic (exact) mass is 438 g/mol. The largest absolute Gasteiger partial charge is 0.491 e. The van der Waals surface area contributed by atoms with Crippen LogP contribution < -0.4 is 14.8 Å². The minimum absolute atomic E-state index is 0.164. The van der Waals surface area contributed by atoms with Crippen molar-refractivity contribution in [2.75, 3.05) is 13.7 Å². The van der Waals surface area contributed by atoms with E-state index in [2.05, 4.69) is 14.9 Å². The second-order valence-corrected chi connectivity index (χ2v) is 8.27. The standard InChI is InChI=1S/C23H23ClN4O3/c1-30-20-7-4-5-17(26-20)22-21(27-19-6-2-3-10-28(19)22)23(29)25-16-12-14-11-15(24)8-9-18(14)31-13-16/h4-5,7-9,11,16H,2-3,6,10,12-13H2,1H3,(H,25,29). The van der Waals surface area contributed by atoms with Gasteiger partial charge in [0, 0.05) is 24.1 Å². The lowest BCUT2D eigenvalue weighted by atomic mass is 10.0. The molecule has 2 aromatic heterocycles. The van der Waals surface area contributed by atoms with Gasteiger partial charge in [-0.15, -0.1) is 0 Å². The summed E-state index contributed by atoms with van der Waals surface area (Å²) in [5, 5.41) is 3.76. The van der Waals surface area contributed by atoms with Crippen LogP contribution in [0.2, 0.25) is 5.02 Å². The molecule has 2 aliphatic heterocycles. The van der Waals surface area contributed by atoms with Gasteiger partial charge in [-0.25, -0.2) is 9.97 Å². The van der Waals surface area contributed by atoms with E-state index in [0.717, 1.165) is 48.6 Å². The van der Waals surface area contributed by atoms with Crippen molar-refractivity contribution in [3.05, 3.63) is 58.5 Å². The summed E-state index contributed by atoms with van der Waals surface area (Å²) >= 11 is 6.12. The lowest BCUT2D eigenvalue weighted by molar-refractivity contribution is 0.0911. The van der Waals surface area contributed by atoms with E-state index in [4.69, 9.17) is 26.1 Å². The third kappa shape index (κ3) is 3.85. The maximum absolute atomic E-state index is 13.3. The van der Waals surface area contributed by atoms with Crippen LogP contribution in [0.5, 0.6) is 11.6 Å². The molecule has 160 valence electrons. The topological polar surface area (TPSA) is 78.3 Å². The minimum atomic E-state index is -0.222. The van der Waals surface area contributed by atoms with Crippen molar-refractivity contribution in [3.63, 3.8) is 0 Å². The highest BCUT2D eigenvalue weighted by molar-refractivity contribution is 6.30. The maximum Gasteiger partial charge on any atom is 0.272 e. The predicted molar refractivity (Wildman–Crippen MR) is 117 cm³/mol. The molecule has 8 heteroatoms. The molecule has 0 spiro atoms. The average Bonchev–Trinajstić information content (AvgIpc) is 3.18. The second kappa shape index (κ2) is 8.23. The zero-order valence-corrected chi connectivity index (χ0v) is 18.0. The summed E-state index contributed by atoms with van der Waals surface area (Å²) in [7, 11) is 1.58. The molecule has 0 aliphatic carbocycles. The van der Waals surface area contributed by atoms with E-state index >= 15 is 0 Å². The first-order valence-electron chi connectivity index (χ1n) is 10.5. The molecule has 1 unspecified atom stereocenters. The fourth-order valence-corrected chi connectivity index (χ4v) is 4.47. The number of hydrogen-bond donors (Lipinski definition) is 1. The van der Waals surface area contributed by atoms with E-state index in [9.17, 15) is 4.79 Å². The Morgan fingerprint density at radius 1 is 1.26 bits per heavy atom. The van der Waals surface area contributed by atoms with Crippen LogP contribution in [0.4, 0.5) is 0 Å². The molecule has 0 bridgehead atoms. The Labute approximate surface area is 185 Å². The number of aryl methyl sites for hydroxylation is 1. The summed E-state index contributed by atoms with van der Waals surface area (Å²) < 4.78 is 13.2. The number of nitrogens with one attached hydrogen (secondary N) is 1. The van der Waals surface area contributed by atoms with Crippen LogP contribution in [-0.4, -0.2) is 40.2 Å². The van der Waals surface area contributed by atoms with E-state index in [1.165, 1.54) is 0 Å². The molecule has 1 aromatic carbocycles. The van der Waals surface area contributed by atoms with Crippen molar-refractivity contribution < 1.29 is 14.3 Å². The predicted octanol–water partition coefficient (Wildman–Crippen LogP) is 3.68. The highest BCUT2D eigenvalue weighted by Crippen LogP contribution is 2.30. The van der Waals surface area contributed by atoms with Crippen molar-refractivity contribution in [1.82, 2.24) is 19.9 Å². The van der Waals surface area contributed by atoms with E-state index in [-0.39, 0.29) is 11.9 Å². The second-order valence-electron chi connectivity index (χ2n) is 7.84. The Hall–Kier alpha value is -3.06. The highest BCUT2D eigenvalue weighted by atomic mass is 35.5. The Morgan fingerprint density at radius 2 is 2.16 bits per heavy atom. The summed E-state index contributed by atoms with van der Waals surface area (Å²) in [6.45, 7) is 1.23. The molecule has 7 nitrogen and oxygen atoms in total. The molecule has 31 heavy (non-hydrogen) atoms. The van der Waals surface area contributed by atoms with Gasteiger partial charge >= 0.3 is 0 Å². The number of halogens is 1. The first-order valence-corrected chi connectivity index (χ1v) is 10.8. The Balaban J connectivity index is 1.46. The van der Waals surface area contributed by atoms with Gasteiger partial charge < -0.3 is 19.4 Å². The number of methoxy groups -OCH3 is 1. The third-order valence-corrected chi connectivity index (χ3v) is 5.97. The first-order chi connectivity index (χ1) is 15.1. The number of rotatable bonds is 4. The van der Waals surface area contributed by atoms with Gasteiger partial charge in [0.2, 0.25) is 5.88 Å². The molecule has 1 amide bonds. The van der Waals surface area contributed by atoms with Gasteiger partial charge in [0.1, 0.15) is 23.9 Å². The number of carbonyl (C=O) groups is 1. The fourth-order valence-electron chi connectivity index (χ4n) is 4.27. The van der Waals surface area contributed by atoms with Gasteiger partial charge in [-0.1, -0.05) is 17.7 Å². The average molecular weight is 439 g/mol. The maximum atomic E-state index is 13.3. The normalized spacial score (nSPS) is 17.3. The molecule has 0 saturated heterocycles. The van der Waals surface area contributed by atoms with E-state index in [1.54, 1.807) is 13.2 Å². The minimum Gasteiger partial charge on any atom is -0.491 e. The SMILES string of the molecule is COc1cccc(-c2c(C(=O)NC3COc4ccc(Cl)cc4C3)nc3n2CCCC3)n1. The van der Waals surface area contributed by atoms with Gasteiger partial charge in [0.05, 0.1) is 18.8 Å². The van der Waals surface area contributed by atoms with Crippen molar-refractivity contribution in [2.24, 2.45) is 0 Å². The van der Waals surface area contributed by atoms with Crippen molar-refractivity contribution in [2.45, 2.75) is 38.3 Å². The quantitative estimate of drug-likeness (QED) is 0.672. The molecular formula is C23H23ClN4O3. The summed E-state index contributed by atoms with van der Waals surface area (Å²) in [6.07, 6.45) is 3.62. The number of aromatic nitrogens is 3. The number of hydrogen-bond acceptors (Lipinski definition) is 5. The third-order valence-electron chi connectivity index (χ3n) is 5.73. The van der Waals surface area contributed by atoms with Crippen LogP contribution in [0.15, 0.2) is 36.4 Å². The Morgan fingerprint density at radius 3 is 3.03 bits per heavy atom. The van der Waals surface area contributed by atoms with E-state index in [0.29, 0.717) is 35.3 Å². The lowest BCUT2D eigenvalue weighted by Crippen LogP contribution is -2.43. The number of imidazole rings is 1. The van der Waals surface area contributed by atoms with Crippen LogP contribution in [0.3, 0.4) is 0 Å². The molecule has 5 rings (SSSR count). The summed E-state index contributed by atoms with van der Waals surface area (Å²) in [5.74, 6) is 2.02. The number of benzene rings is 1. The first kappa shape index (κ1) is 19.9. The Bertz CT molecular complexity index is 1140. The molecular weight excluding hydrogens is 416 g/mol. The van der Waals surface area contributed by atoms with Gasteiger partial charge in [-0.05, 0) is 49.1 Å². The van der Waals surface area contributed by atoms with Crippen LogP contribution >= 0.6 is 11.6 Å². The van der Waals surface area contributed by atoms with Crippen molar-refractivity contribution in [3.8, 4) is 23.0 Å². The van der Waals surface area contributed by atoms with Crippen molar-refractivity contribution in [1.29, 1.82) is 0 Å². The summed E-state index contributed by atoms with van der Waals surface area (Å²) in [4.78, 5) is 22.6. The fraction of sp³-hybridized carbons (Fsp3) is 0.348. The van der Waals surface area contributed by atoms with Crippen molar-refractivity contribution >= 4 is 17.5 Å². The smallest absolute Gasteiger partial charge is 0.272 e. The van der Waals surface area contributed by atoms with E-state index < -0.39 is 0 Å². The Kier molecular flexibility index (Phi) is 5.28. The number of nitrogens with zero attached hydrogens (tertiary/aromatic N) is 3. The highest BCUT2D eigenvalue weighted by Gasteiger charge is 2.29.